The third-order valence-corrected chi connectivity index (χ3v) is 5.65. The molecule has 1 aromatic carbocycles. The molecule has 2 fully saturated rings. The van der Waals surface area contributed by atoms with Crippen molar-refractivity contribution in [3.05, 3.63) is 53.1 Å². The monoisotopic (exact) mass is 516 g/mol. The van der Waals surface area contributed by atoms with Crippen LogP contribution in [-0.4, -0.2) is 53.6 Å². The maximum Gasteiger partial charge on any atom is 0.225 e. The van der Waals surface area contributed by atoms with Crippen LogP contribution in [0, 0.1) is 5.82 Å². The fourth-order valence-corrected chi connectivity index (χ4v) is 3.87. The number of aliphatic imine (C=N–C) groups is 1. The summed E-state index contributed by atoms with van der Waals surface area (Å²) < 4.78 is 13.3. The Bertz CT molecular complexity index is 838. The molecule has 28 heavy (non-hydrogen) atoms. The van der Waals surface area contributed by atoms with Crippen molar-refractivity contribution in [2.45, 2.75) is 18.3 Å². The number of rotatable bonds is 4. The SMILES string of the molecule is I.NC(=NCC1(c2ccc(F)cc2Cl)CC1)N1CCN(c2ncccn2)CC1. The van der Waals surface area contributed by atoms with Crippen LogP contribution in [0.1, 0.15) is 18.4 Å². The van der Waals surface area contributed by atoms with E-state index in [1.165, 1.54) is 12.1 Å². The van der Waals surface area contributed by atoms with Crippen LogP contribution in [0.2, 0.25) is 5.02 Å². The lowest BCUT2D eigenvalue weighted by Gasteiger charge is -2.35. The number of nitrogens with zero attached hydrogens (tertiary/aromatic N) is 5. The predicted molar refractivity (Wildman–Crippen MR) is 120 cm³/mol. The average molecular weight is 517 g/mol. The van der Waals surface area contributed by atoms with E-state index in [1.807, 2.05) is 6.07 Å². The highest BCUT2D eigenvalue weighted by molar-refractivity contribution is 14.0. The van der Waals surface area contributed by atoms with Gasteiger partial charge in [0.1, 0.15) is 5.82 Å². The summed E-state index contributed by atoms with van der Waals surface area (Å²) in [6, 6.07) is 6.41. The van der Waals surface area contributed by atoms with Crippen LogP contribution in [0.25, 0.3) is 0 Å². The molecule has 150 valence electrons. The number of halogens is 3. The molecular formula is C19H23ClFIN6. The van der Waals surface area contributed by atoms with Crippen LogP contribution in [0.4, 0.5) is 10.3 Å². The number of anilines is 1. The number of nitrogens with two attached hydrogens (primary N) is 1. The van der Waals surface area contributed by atoms with E-state index in [0.29, 0.717) is 17.5 Å². The summed E-state index contributed by atoms with van der Waals surface area (Å²) in [7, 11) is 0. The Hall–Kier alpha value is -1.68. The van der Waals surface area contributed by atoms with E-state index in [0.717, 1.165) is 50.5 Å². The van der Waals surface area contributed by atoms with Crippen LogP contribution < -0.4 is 10.6 Å². The van der Waals surface area contributed by atoms with Gasteiger partial charge in [-0.3, -0.25) is 4.99 Å². The van der Waals surface area contributed by atoms with Crippen molar-refractivity contribution >= 4 is 47.5 Å². The first-order valence-corrected chi connectivity index (χ1v) is 9.48. The molecule has 1 aliphatic carbocycles. The summed E-state index contributed by atoms with van der Waals surface area (Å²) in [5, 5.41) is 0.470. The second kappa shape index (κ2) is 8.77. The van der Waals surface area contributed by atoms with Crippen molar-refractivity contribution in [3.63, 3.8) is 0 Å². The van der Waals surface area contributed by atoms with Gasteiger partial charge in [-0.1, -0.05) is 17.7 Å². The lowest BCUT2D eigenvalue weighted by atomic mass is 9.96. The van der Waals surface area contributed by atoms with Gasteiger partial charge in [-0.25, -0.2) is 14.4 Å². The molecule has 0 radical (unpaired) electrons. The number of guanidine groups is 1. The number of piperazine rings is 1. The normalized spacial score (nSPS) is 18.6. The third kappa shape index (κ3) is 4.48. The topological polar surface area (TPSA) is 70.6 Å². The Kier molecular flexibility index (Phi) is 6.59. The molecule has 0 atom stereocenters. The molecule has 0 spiro atoms. The minimum atomic E-state index is -0.317. The zero-order valence-corrected chi connectivity index (χ0v) is 18.5. The summed E-state index contributed by atoms with van der Waals surface area (Å²) >= 11 is 6.24. The summed E-state index contributed by atoms with van der Waals surface area (Å²) in [5.74, 6) is 0.978. The van der Waals surface area contributed by atoms with Crippen molar-refractivity contribution in [2.24, 2.45) is 10.7 Å². The van der Waals surface area contributed by atoms with Crippen LogP contribution in [0.15, 0.2) is 41.7 Å². The molecule has 6 nitrogen and oxygen atoms in total. The lowest BCUT2D eigenvalue weighted by molar-refractivity contribution is 0.377. The zero-order chi connectivity index (χ0) is 18.9. The number of benzene rings is 1. The maximum absolute atomic E-state index is 13.3. The molecule has 1 saturated heterocycles. The third-order valence-electron chi connectivity index (χ3n) is 5.34. The summed E-state index contributed by atoms with van der Waals surface area (Å²) in [5.41, 5.74) is 7.10. The Morgan fingerprint density at radius 3 is 2.46 bits per heavy atom. The van der Waals surface area contributed by atoms with Crippen molar-refractivity contribution in [1.82, 2.24) is 14.9 Å². The molecule has 2 aliphatic rings. The van der Waals surface area contributed by atoms with E-state index >= 15 is 0 Å². The Morgan fingerprint density at radius 1 is 1.18 bits per heavy atom. The maximum atomic E-state index is 13.3. The highest BCUT2D eigenvalue weighted by atomic mass is 127. The van der Waals surface area contributed by atoms with E-state index in [-0.39, 0.29) is 35.2 Å². The molecule has 2 aromatic rings. The molecular weight excluding hydrogens is 494 g/mol. The number of hydrogen-bond donors (Lipinski definition) is 1. The quantitative estimate of drug-likeness (QED) is 0.384. The summed E-state index contributed by atoms with van der Waals surface area (Å²) in [6.45, 7) is 3.73. The van der Waals surface area contributed by atoms with Gasteiger partial charge in [0.2, 0.25) is 5.95 Å². The summed E-state index contributed by atoms with van der Waals surface area (Å²) in [6.07, 6.45) is 5.49. The average Bonchev–Trinajstić information content (AvgIpc) is 3.48. The van der Waals surface area contributed by atoms with Gasteiger partial charge in [-0.15, -0.1) is 24.0 Å². The first-order valence-electron chi connectivity index (χ1n) is 9.10. The molecule has 1 aromatic heterocycles. The van der Waals surface area contributed by atoms with Gasteiger partial charge >= 0.3 is 0 Å². The van der Waals surface area contributed by atoms with Crippen molar-refractivity contribution in [3.8, 4) is 0 Å². The van der Waals surface area contributed by atoms with Crippen LogP contribution in [0.3, 0.4) is 0 Å². The first-order chi connectivity index (χ1) is 13.1. The van der Waals surface area contributed by atoms with Gasteiger partial charge in [0.05, 0.1) is 6.54 Å². The minimum absolute atomic E-state index is 0. The van der Waals surface area contributed by atoms with Crippen molar-refractivity contribution in [2.75, 3.05) is 37.6 Å². The van der Waals surface area contributed by atoms with Crippen LogP contribution >= 0.6 is 35.6 Å². The van der Waals surface area contributed by atoms with Crippen LogP contribution in [-0.2, 0) is 5.41 Å². The molecule has 1 saturated carbocycles. The van der Waals surface area contributed by atoms with Gasteiger partial charge in [-0.2, -0.15) is 0 Å². The highest BCUT2D eigenvalue weighted by Gasteiger charge is 2.45. The van der Waals surface area contributed by atoms with E-state index in [2.05, 4.69) is 24.8 Å². The molecule has 4 rings (SSSR count). The Morgan fingerprint density at radius 2 is 1.86 bits per heavy atom. The molecule has 0 bridgehead atoms. The fourth-order valence-electron chi connectivity index (χ4n) is 3.51. The number of hydrogen-bond acceptors (Lipinski definition) is 4. The fraction of sp³-hybridized carbons (Fsp3) is 0.421. The minimum Gasteiger partial charge on any atom is -0.370 e. The van der Waals surface area contributed by atoms with Gasteiger partial charge < -0.3 is 15.5 Å². The van der Waals surface area contributed by atoms with E-state index < -0.39 is 0 Å². The van der Waals surface area contributed by atoms with E-state index in [1.54, 1.807) is 18.5 Å². The van der Waals surface area contributed by atoms with E-state index in [4.69, 9.17) is 17.3 Å². The second-order valence-corrected chi connectivity index (χ2v) is 7.51. The molecule has 0 unspecified atom stereocenters. The van der Waals surface area contributed by atoms with Crippen LogP contribution in [0.5, 0.6) is 0 Å². The highest BCUT2D eigenvalue weighted by Crippen LogP contribution is 2.50. The predicted octanol–water partition coefficient (Wildman–Crippen LogP) is 3.06. The molecule has 1 aliphatic heterocycles. The zero-order valence-electron chi connectivity index (χ0n) is 15.4. The Balaban J connectivity index is 0.00000225. The largest absolute Gasteiger partial charge is 0.370 e. The molecule has 2 N–H and O–H groups in total. The molecule has 0 amide bonds. The second-order valence-electron chi connectivity index (χ2n) is 7.10. The van der Waals surface area contributed by atoms with E-state index in [9.17, 15) is 4.39 Å². The Labute approximate surface area is 186 Å². The smallest absolute Gasteiger partial charge is 0.225 e. The first kappa shape index (κ1) is 21.0. The number of aromatic nitrogens is 2. The summed E-state index contributed by atoms with van der Waals surface area (Å²) in [4.78, 5) is 17.5. The lowest BCUT2D eigenvalue weighted by Crippen LogP contribution is -2.51. The van der Waals surface area contributed by atoms with Crippen molar-refractivity contribution in [1.29, 1.82) is 0 Å². The van der Waals surface area contributed by atoms with Gasteiger partial charge in [0, 0.05) is 49.0 Å². The molecule has 9 heteroatoms. The van der Waals surface area contributed by atoms with Gasteiger partial charge in [0.15, 0.2) is 5.96 Å². The van der Waals surface area contributed by atoms with Crippen molar-refractivity contribution < 1.29 is 4.39 Å². The molecule has 2 heterocycles. The standard InChI is InChI=1S/C19H22ClFN6.HI/c20-16-12-14(21)2-3-15(16)19(4-5-19)13-25-17(22)26-8-10-27(11-9-26)18-23-6-1-7-24-18;/h1-3,6-7,12H,4-5,8-11,13H2,(H2,22,25);1H. The van der Waals surface area contributed by atoms with Gasteiger partial charge in [-0.05, 0) is 36.6 Å². The van der Waals surface area contributed by atoms with Gasteiger partial charge in [0.25, 0.3) is 0 Å².